The van der Waals surface area contributed by atoms with Crippen molar-refractivity contribution in [2.75, 3.05) is 102 Å². The number of benzene rings is 2. The molecule has 0 aliphatic rings. The van der Waals surface area contributed by atoms with E-state index in [1.54, 1.807) is 34.1 Å². The van der Waals surface area contributed by atoms with Gasteiger partial charge in [0.05, 0.1) is 60.9 Å². The number of carbonyl (C=O) groups is 2. The number of unbranched alkanes of at least 4 members (excludes halogenated alkanes) is 4. The zero-order chi connectivity index (χ0) is 36.2. The molecule has 0 unspecified atom stereocenters. The largest absolute Gasteiger partial charge is 1.00 e. The number of rotatable bonds is 18. The molecule has 0 aliphatic carbocycles. The number of anilines is 4. The maximum absolute atomic E-state index is 10.9. The third-order valence-corrected chi connectivity index (χ3v) is 8.27. The van der Waals surface area contributed by atoms with Crippen molar-refractivity contribution in [1.82, 2.24) is 0 Å². The molecule has 0 spiro atoms. The van der Waals surface area contributed by atoms with Gasteiger partial charge in [0.25, 0.3) is 0 Å². The molecule has 0 N–H and O–H groups in total. The van der Waals surface area contributed by atoms with Crippen LogP contribution in [0.1, 0.15) is 101 Å². The van der Waals surface area contributed by atoms with Gasteiger partial charge in [-0.15, -0.1) is 0 Å². The molecule has 0 atom stereocenters. The number of aromatic carboxylic acids is 2. The summed E-state index contributed by atoms with van der Waals surface area (Å²) in [5.74, 6) is -2.30. The Hall–Kier alpha value is -3.46. The minimum absolute atomic E-state index is 0. The Bertz CT molecular complexity index is 1080. The molecule has 9 heteroatoms. The van der Waals surface area contributed by atoms with E-state index in [1.165, 1.54) is 82.0 Å². The molecule has 0 fully saturated rings. The van der Waals surface area contributed by atoms with E-state index in [2.05, 4.69) is 27.7 Å². The van der Waals surface area contributed by atoms with E-state index in [0.717, 1.165) is 11.4 Å². The first-order valence-electron chi connectivity index (χ1n) is 17.4. The molecule has 0 saturated carbocycles. The number of carboxylic acid groups (broad SMARTS) is 2. The van der Waals surface area contributed by atoms with Crippen molar-refractivity contribution in [2.24, 2.45) is 0 Å². The lowest BCUT2D eigenvalue weighted by Crippen LogP contribution is -2.50. The predicted molar refractivity (Wildman–Crippen MR) is 199 cm³/mol. The number of carboxylic acids is 2. The van der Waals surface area contributed by atoms with Crippen molar-refractivity contribution in [3.8, 4) is 0 Å². The molecule has 268 valence electrons. The van der Waals surface area contributed by atoms with Crippen LogP contribution < -0.4 is 29.8 Å². The molecule has 2 aromatic carbocycles. The molecular weight excluding hydrogens is 590 g/mol. The topological polar surface area (TPSA) is 93.2 Å². The van der Waals surface area contributed by atoms with Crippen LogP contribution in [0, 0.1) is 0 Å². The fourth-order valence-corrected chi connectivity index (χ4v) is 5.70. The molecule has 47 heavy (non-hydrogen) atoms. The third-order valence-electron chi connectivity index (χ3n) is 8.27. The van der Waals surface area contributed by atoms with Crippen molar-refractivity contribution in [3.63, 3.8) is 0 Å². The Balaban J connectivity index is 0. The number of para-hydroxylation sites is 2. The van der Waals surface area contributed by atoms with Crippen LogP contribution in [0.2, 0.25) is 0 Å². The van der Waals surface area contributed by atoms with Gasteiger partial charge in [-0.1, -0.05) is 77.6 Å². The van der Waals surface area contributed by atoms with Crippen molar-refractivity contribution in [2.45, 2.75) is 79.1 Å². The molecule has 0 amide bonds. The monoisotopic (exact) mass is 658 g/mol. The van der Waals surface area contributed by atoms with Gasteiger partial charge in [0, 0.05) is 67.5 Å². The van der Waals surface area contributed by atoms with Crippen LogP contribution in [-0.4, -0.2) is 99.0 Å². The van der Waals surface area contributed by atoms with E-state index < -0.39 is 11.9 Å². The summed E-state index contributed by atoms with van der Waals surface area (Å²) in [6.07, 6.45) is 11.1. The second-order valence-electron chi connectivity index (χ2n) is 13.1. The number of quaternary nitrogens is 1. The summed E-state index contributed by atoms with van der Waals surface area (Å²) >= 11 is 0. The number of nitrogens with zero attached hydrogens (tertiary/aromatic N) is 5. The normalized spacial score (nSPS) is 10.6. The van der Waals surface area contributed by atoms with Gasteiger partial charge in [-0.05, 0) is 37.8 Å². The second kappa shape index (κ2) is 23.0. The molecule has 0 aliphatic heterocycles. The molecule has 0 heterocycles. The Kier molecular flexibility index (Phi) is 21.3. The lowest BCUT2D eigenvalue weighted by atomic mass is 10.1. The van der Waals surface area contributed by atoms with E-state index in [1.807, 2.05) is 78.3 Å². The average Bonchev–Trinajstić information content (AvgIpc) is 3.03. The van der Waals surface area contributed by atoms with Crippen molar-refractivity contribution in [3.05, 3.63) is 47.5 Å². The van der Waals surface area contributed by atoms with Crippen molar-refractivity contribution in [1.29, 1.82) is 0 Å². The van der Waals surface area contributed by atoms with Crippen LogP contribution >= 0.6 is 0 Å². The van der Waals surface area contributed by atoms with Crippen LogP contribution in [0.4, 0.5) is 22.7 Å². The maximum atomic E-state index is 10.9. The van der Waals surface area contributed by atoms with Gasteiger partial charge in [0.15, 0.2) is 0 Å². The summed E-state index contributed by atoms with van der Waals surface area (Å²) in [7, 11) is 14.8. The third kappa shape index (κ3) is 14.9. The van der Waals surface area contributed by atoms with Crippen molar-refractivity contribution >= 4 is 34.7 Å². The second-order valence-corrected chi connectivity index (χ2v) is 13.1. The van der Waals surface area contributed by atoms with Crippen LogP contribution in [-0.2, 0) is 0 Å². The summed E-state index contributed by atoms with van der Waals surface area (Å²) in [5.41, 5.74) is 3.49. The van der Waals surface area contributed by atoms with Gasteiger partial charge in [-0.3, -0.25) is 0 Å². The van der Waals surface area contributed by atoms with Gasteiger partial charge in [-0.25, -0.2) is 0 Å². The fourth-order valence-electron chi connectivity index (χ4n) is 5.70. The van der Waals surface area contributed by atoms with Crippen LogP contribution in [0.3, 0.4) is 0 Å². The summed E-state index contributed by atoms with van der Waals surface area (Å²) in [6, 6.07) is 10.3. The summed E-state index contributed by atoms with van der Waals surface area (Å²) in [6.45, 7) is 15.0. The highest BCUT2D eigenvalue weighted by atomic mass is 16.4. The summed E-state index contributed by atoms with van der Waals surface area (Å²) in [5, 5.41) is 21.9. The number of hydrogen-bond acceptors (Lipinski definition) is 8. The van der Waals surface area contributed by atoms with Crippen LogP contribution in [0.25, 0.3) is 0 Å². The smallest absolute Gasteiger partial charge is 0.545 e. The first-order chi connectivity index (χ1) is 22.1. The molecule has 0 radical (unpaired) electrons. The average molecular weight is 658 g/mol. The molecule has 0 bridgehead atoms. The minimum Gasteiger partial charge on any atom is -0.545 e. The summed E-state index contributed by atoms with van der Waals surface area (Å²) in [4.78, 5) is 29.2. The van der Waals surface area contributed by atoms with E-state index in [9.17, 15) is 19.8 Å². The summed E-state index contributed by atoms with van der Waals surface area (Å²) < 4.78 is 1.42. The van der Waals surface area contributed by atoms with Gasteiger partial charge in [0.2, 0.25) is 0 Å². The Morgan fingerprint density at radius 2 is 0.809 bits per heavy atom. The van der Waals surface area contributed by atoms with Gasteiger partial charge in [0.1, 0.15) is 0 Å². The molecule has 9 nitrogen and oxygen atoms in total. The van der Waals surface area contributed by atoms with Gasteiger partial charge >= 0.3 is 1.43 Å². The molecule has 0 saturated heterocycles. The van der Waals surface area contributed by atoms with Crippen LogP contribution in [0.5, 0.6) is 0 Å². The zero-order valence-electron chi connectivity index (χ0n) is 32.8. The first-order valence-corrected chi connectivity index (χ1v) is 17.4. The predicted octanol–water partition coefficient (Wildman–Crippen LogP) is 5.48. The minimum atomic E-state index is -1.15. The highest BCUT2D eigenvalue weighted by molar-refractivity contribution is 5.98. The highest BCUT2D eigenvalue weighted by Crippen LogP contribution is 2.31. The van der Waals surface area contributed by atoms with Gasteiger partial charge in [-0.2, -0.15) is 0 Å². The number of carbonyl (C=O) groups excluding carboxylic acids is 2. The van der Waals surface area contributed by atoms with E-state index >= 15 is 0 Å². The zero-order valence-corrected chi connectivity index (χ0v) is 31.8. The van der Waals surface area contributed by atoms with E-state index in [4.69, 9.17) is 0 Å². The molecule has 0 aromatic heterocycles. The van der Waals surface area contributed by atoms with E-state index in [-0.39, 0.29) is 12.6 Å². The number of hydrogen-bond donors (Lipinski definition) is 0. The maximum Gasteiger partial charge on any atom is 1.00 e. The molecule has 2 aromatic rings. The van der Waals surface area contributed by atoms with E-state index in [0.29, 0.717) is 11.4 Å². The molecule has 2 rings (SSSR count). The van der Waals surface area contributed by atoms with Crippen LogP contribution in [0.15, 0.2) is 36.4 Å². The first kappa shape index (κ1) is 43.5. The Morgan fingerprint density at radius 1 is 0.532 bits per heavy atom. The Labute approximate surface area is 288 Å². The van der Waals surface area contributed by atoms with Gasteiger partial charge < -0.3 is 43.9 Å². The standard InChI is InChI=1S/C16H36N.2C11H16N2O2/c1-5-9-13-17(14-10-6-2,15-11-7-3)16-12-8-4;2*1-12(2)9-7-5-6-8(11(14)15)10(9)13(3)4/h5-16H2,1-4H3;2*5-7H,1-4H3,(H,14,15)/q+1;;/p-1. The fraction of sp³-hybridized carbons (Fsp3) is 0.632. The highest BCUT2D eigenvalue weighted by Gasteiger charge is 2.24. The SMILES string of the molecule is CCCC[N+](CCCC)(CCCC)CCCC.CN(C)c1cccc(C(=O)[O-])c1N(C)C.CN(C)c1cccc(C(=O)[O-])c1N(C)C.[H+]. The Morgan fingerprint density at radius 3 is 1.00 bits per heavy atom. The molecular formula is C38H67N5O4. The lowest BCUT2D eigenvalue weighted by Gasteiger charge is -2.39. The quantitative estimate of drug-likeness (QED) is 0.195. The van der Waals surface area contributed by atoms with Crippen molar-refractivity contribution < 1.29 is 25.7 Å². The lowest BCUT2D eigenvalue weighted by molar-refractivity contribution is -0.929.